The van der Waals surface area contributed by atoms with E-state index in [0.29, 0.717) is 0 Å². The van der Waals surface area contributed by atoms with Crippen molar-refractivity contribution >= 4 is 11.6 Å². The van der Waals surface area contributed by atoms with Crippen molar-refractivity contribution in [3.63, 3.8) is 0 Å². The van der Waals surface area contributed by atoms with E-state index in [2.05, 4.69) is 11.4 Å². The lowest BCUT2D eigenvalue weighted by atomic mass is 9.99. The summed E-state index contributed by atoms with van der Waals surface area (Å²) in [4.78, 5) is 13.4. The van der Waals surface area contributed by atoms with Crippen molar-refractivity contribution in [1.29, 1.82) is 0 Å². The van der Waals surface area contributed by atoms with Crippen LogP contribution in [-0.4, -0.2) is 32.1 Å². The average Bonchev–Trinajstić information content (AvgIpc) is 2.83. The van der Waals surface area contributed by atoms with E-state index >= 15 is 0 Å². The molecule has 96 valence electrons. The summed E-state index contributed by atoms with van der Waals surface area (Å²) in [5.41, 5.74) is 3.58. The van der Waals surface area contributed by atoms with E-state index in [4.69, 9.17) is 4.74 Å². The minimum Gasteiger partial charge on any atom is -0.371 e. The molecule has 4 heteroatoms. The Hall–Kier alpha value is -1.39. The van der Waals surface area contributed by atoms with E-state index < -0.39 is 0 Å². The van der Waals surface area contributed by atoms with Gasteiger partial charge in [-0.1, -0.05) is 12.1 Å². The number of carbonyl (C=O) groups excluding carboxylic acids is 1. The molecule has 4 nitrogen and oxygen atoms in total. The molecule has 0 saturated carbocycles. The van der Waals surface area contributed by atoms with Crippen molar-refractivity contribution in [2.24, 2.45) is 0 Å². The normalized spacial score (nSPS) is 22.9. The molecule has 1 fully saturated rings. The summed E-state index contributed by atoms with van der Waals surface area (Å²) in [6, 6.07) is 6.18. The molecule has 2 heterocycles. The molecule has 0 aromatic heterocycles. The lowest BCUT2D eigenvalue weighted by Crippen LogP contribution is -2.33. The van der Waals surface area contributed by atoms with Crippen LogP contribution in [0.5, 0.6) is 0 Å². The van der Waals surface area contributed by atoms with Gasteiger partial charge in [0.05, 0.1) is 12.7 Å². The molecule has 3 rings (SSSR count). The highest BCUT2D eigenvalue weighted by Gasteiger charge is 2.27. The molecule has 1 N–H and O–H groups in total. The van der Waals surface area contributed by atoms with Crippen LogP contribution in [0.1, 0.15) is 24.2 Å². The highest BCUT2D eigenvalue weighted by atomic mass is 16.5. The number of rotatable bonds is 1. The number of fused-ring (bicyclic) bond motifs is 1. The number of morpholine rings is 1. The zero-order valence-corrected chi connectivity index (χ0v) is 10.6. The second kappa shape index (κ2) is 4.71. The molecule has 1 amide bonds. The van der Waals surface area contributed by atoms with Crippen LogP contribution in [0.2, 0.25) is 0 Å². The fourth-order valence-corrected chi connectivity index (χ4v) is 2.86. The number of amides is 1. The second-order valence-corrected chi connectivity index (χ2v) is 4.83. The van der Waals surface area contributed by atoms with Gasteiger partial charge in [0.15, 0.2) is 0 Å². The van der Waals surface area contributed by atoms with Gasteiger partial charge in [0.2, 0.25) is 5.91 Å². The SMILES string of the molecule is CC(=O)N1CCc2c(C3CNCCO3)cccc21. The van der Waals surface area contributed by atoms with Crippen LogP contribution in [0, 0.1) is 0 Å². The Morgan fingerprint density at radius 2 is 2.39 bits per heavy atom. The Morgan fingerprint density at radius 3 is 3.11 bits per heavy atom. The number of anilines is 1. The van der Waals surface area contributed by atoms with Gasteiger partial charge in [0.1, 0.15) is 0 Å². The zero-order chi connectivity index (χ0) is 12.5. The molecular formula is C14H18N2O2. The van der Waals surface area contributed by atoms with Gasteiger partial charge >= 0.3 is 0 Å². The summed E-state index contributed by atoms with van der Waals surface area (Å²) in [6.45, 7) is 4.95. The summed E-state index contributed by atoms with van der Waals surface area (Å²) < 4.78 is 5.82. The summed E-state index contributed by atoms with van der Waals surface area (Å²) in [6.07, 6.45) is 1.06. The number of benzene rings is 1. The number of hydrogen-bond acceptors (Lipinski definition) is 3. The Labute approximate surface area is 107 Å². The molecule has 2 aliphatic heterocycles. The van der Waals surface area contributed by atoms with E-state index in [0.717, 1.165) is 38.3 Å². The van der Waals surface area contributed by atoms with Crippen molar-refractivity contribution in [3.05, 3.63) is 29.3 Å². The Kier molecular flexibility index (Phi) is 3.06. The second-order valence-electron chi connectivity index (χ2n) is 4.83. The molecule has 1 atom stereocenters. The predicted octanol–water partition coefficient (Wildman–Crippen LogP) is 1.26. The van der Waals surface area contributed by atoms with Crippen LogP contribution >= 0.6 is 0 Å². The Morgan fingerprint density at radius 1 is 1.50 bits per heavy atom. The number of ether oxygens (including phenoxy) is 1. The molecular weight excluding hydrogens is 228 g/mol. The number of carbonyl (C=O) groups is 1. The standard InChI is InChI=1S/C14H18N2O2/c1-10(17)16-7-5-11-12(3-2-4-13(11)16)14-9-15-6-8-18-14/h2-4,14-15H,5-9H2,1H3. The topological polar surface area (TPSA) is 41.6 Å². The first-order chi connectivity index (χ1) is 8.77. The average molecular weight is 246 g/mol. The Balaban J connectivity index is 1.95. The third-order valence-corrected chi connectivity index (χ3v) is 3.72. The zero-order valence-electron chi connectivity index (χ0n) is 10.6. The molecule has 2 aliphatic rings. The van der Waals surface area contributed by atoms with Gasteiger partial charge in [0, 0.05) is 32.2 Å². The number of nitrogens with one attached hydrogen (secondary N) is 1. The molecule has 1 aromatic rings. The van der Waals surface area contributed by atoms with Crippen molar-refractivity contribution in [2.45, 2.75) is 19.4 Å². The monoisotopic (exact) mass is 246 g/mol. The van der Waals surface area contributed by atoms with Crippen LogP contribution in [0.25, 0.3) is 0 Å². The molecule has 0 aliphatic carbocycles. The smallest absolute Gasteiger partial charge is 0.223 e. The van der Waals surface area contributed by atoms with Crippen molar-refractivity contribution in [3.8, 4) is 0 Å². The Bertz CT molecular complexity index is 467. The third-order valence-electron chi connectivity index (χ3n) is 3.72. The maximum atomic E-state index is 11.6. The summed E-state index contributed by atoms with van der Waals surface area (Å²) >= 11 is 0. The lowest BCUT2D eigenvalue weighted by molar-refractivity contribution is -0.116. The van der Waals surface area contributed by atoms with Crippen LogP contribution in [0.3, 0.4) is 0 Å². The van der Waals surface area contributed by atoms with Crippen molar-refractivity contribution < 1.29 is 9.53 Å². The number of nitrogens with zero attached hydrogens (tertiary/aromatic N) is 1. The maximum Gasteiger partial charge on any atom is 0.223 e. The first kappa shape index (κ1) is 11.7. The summed E-state index contributed by atoms with van der Waals surface area (Å²) in [5.74, 6) is 0.119. The van der Waals surface area contributed by atoms with Crippen LogP contribution in [0.15, 0.2) is 18.2 Å². The fraction of sp³-hybridized carbons (Fsp3) is 0.500. The largest absolute Gasteiger partial charge is 0.371 e. The van der Waals surface area contributed by atoms with E-state index in [1.807, 2.05) is 17.0 Å². The van der Waals surface area contributed by atoms with Gasteiger partial charge in [0.25, 0.3) is 0 Å². The van der Waals surface area contributed by atoms with Crippen molar-refractivity contribution in [1.82, 2.24) is 5.32 Å². The van der Waals surface area contributed by atoms with E-state index in [9.17, 15) is 4.79 Å². The van der Waals surface area contributed by atoms with Crippen LogP contribution in [0.4, 0.5) is 5.69 Å². The minimum atomic E-state index is 0.119. The van der Waals surface area contributed by atoms with Gasteiger partial charge in [-0.2, -0.15) is 0 Å². The molecule has 1 aromatic carbocycles. The van der Waals surface area contributed by atoms with E-state index in [1.165, 1.54) is 11.1 Å². The third kappa shape index (κ3) is 1.91. The summed E-state index contributed by atoms with van der Waals surface area (Å²) in [5, 5.41) is 3.35. The van der Waals surface area contributed by atoms with Crippen LogP contribution < -0.4 is 10.2 Å². The molecule has 0 radical (unpaired) electrons. The van der Waals surface area contributed by atoms with Gasteiger partial charge in [-0.3, -0.25) is 4.79 Å². The van der Waals surface area contributed by atoms with Gasteiger partial charge < -0.3 is 15.0 Å². The predicted molar refractivity (Wildman–Crippen MR) is 69.7 cm³/mol. The maximum absolute atomic E-state index is 11.6. The van der Waals surface area contributed by atoms with Gasteiger partial charge in [-0.05, 0) is 23.6 Å². The number of hydrogen-bond donors (Lipinski definition) is 1. The quantitative estimate of drug-likeness (QED) is 0.811. The van der Waals surface area contributed by atoms with E-state index in [1.54, 1.807) is 6.92 Å². The van der Waals surface area contributed by atoms with Gasteiger partial charge in [-0.25, -0.2) is 0 Å². The molecule has 1 unspecified atom stereocenters. The van der Waals surface area contributed by atoms with E-state index in [-0.39, 0.29) is 12.0 Å². The highest BCUT2D eigenvalue weighted by molar-refractivity contribution is 5.94. The summed E-state index contributed by atoms with van der Waals surface area (Å²) in [7, 11) is 0. The highest BCUT2D eigenvalue weighted by Crippen LogP contribution is 2.34. The van der Waals surface area contributed by atoms with Crippen molar-refractivity contribution in [2.75, 3.05) is 31.1 Å². The van der Waals surface area contributed by atoms with Gasteiger partial charge in [-0.15, -0.1) is 0 Å². The molecule has 18 heavy (non-hydrogen) atoms. The lowest BCUT2D eigenvalue weighted by Gasteiger charge is -2.26. The van der Waals surface area contributed by atoms with Crippen LogP contribution in [-0.2, 0) is 16.0 Å². The molecule has 0 spiro atoms. The fourth-order valence-electron chi connectivity index (χ4n) is 2.86. The first-order valence-corrected chi connectivity index (χ1v) is 6.49. The molecule has 0 bridgehead atoms. The molecule has 1 saturated heterocycles. The minimum absolute atomic E-state index is 0.119. The first-order valence-electron chi connectivity index (χ1n) is 6.49.